The third kappa shape index (κ3) is 2.89. The van der Waals surface area contributed by atoms with E-state index in [1.165, 1.54) is 5.56 Å². The zero-order chi connectivity index (χ0) is 13.0. The number of carbonyl (C=O) groups excluding carboxylic acids is 1. The molecule has 0 saturated carbocycles. The van der Waals surface area contributed by atoms with Gasteiger partial charge in [0, 0.05) is 11.7 Å². The standard InChI is InChI=1S/C14H21N3O/c1-15-7-3-4-12(16-2)10-5-6-13-11(8-10)9-14(18)17-13/h5-6,8,12,15-16H,3-4,7,9H2,1-2H3,(H,17,18). The van der Waals surface area contributed by atoms with Crippen molar-refractivity contribution in [2.45, 2.75) is 25.3 Å². The van der Waals surface area contributed by atoms with Crippen molar-refractivity contribution in [3.05, 3.63) is 29.3 Å². The van der Waals surface area contributed by atoms with Crippen LogP contribution in [0, 0.1) is 0 Å². The van der Waals surface area contributed by atoms with E-state index in [1.54, 1.807) is 0 Å². The summed E-state index contributed by atoms with van der Waals surface area (Å²) < 4.78 is 0. The van der Waals surface area contributed by atoms with Gasteiger partial charge in [-0.15, -0.1) is 0 Å². The van der Waals surface area contributed by atoms with Crippen LogP contribution in [0.1, 0.15) is 30.0 Å². The molecule has 0 saturated heterocycles. The molecule has 1 aromatic carbocycles. The number of nitrogens with one attached hydrogen (secondary N) is 3. The number of rotatable bonds is 6. The molecule has 1 aliphatic heterocycles. The molecule has 3 N–H and O–H groups in total. The van der Waals surface area contributed by atoms with Crippen LogP contribution >= 0.6 is 0 Å². The molecule has 1 amide bonds. The SMILES string of the molecule is CNCCCC(NC)c1ccc2c(c1)CC(=O)N2. The number of carbonyl (C=O) groups is 1. The molecule has 0 aliphatic carbocycles. The number of anilines is 1. The van der Waals surface area contributed by atoms with E-state index in [1.807, 2.05) is 20.2 Å². The summed E-state index contributed by atoms with van der Waals surface area (Å²) in [5, 5.41) is 9.37. The maximum absolute atomic E-state index is 11.3. The van der Waals surface area contributed by atoms with Crippen molar-refractivity contribution in [3.63, 3.8) is 0 Å². The average Bonchev–Trinajstić information content (AvgIpc) is 2.74. The number of amides is 1. The fourth-order valence-corrected chi connectivity index (χ4v) is 2.43. The molecule has 1 aromatic rings. The van der Waals surface area contributed by atoms with Gasteiger partial charge in [-0.3, -0.25) is 4.79 Å². The minimum Gasteiger partial charge on any atom is -0.326 e. The van der Waals surface area contributed by atoms with Gasteiger partial charge in [-0.25, -0.2) is 0 Å². The molecule has 0 fully saturated rings. The lowest BCUT2D eigenvalue weighted by Gasteiger charge is -2.17. The van der Waals surface area contributed by atoms with Crippen molar-refractivity contribution in [2.24, 2.45) is 0 Å². The molecule has 2 rings (SSSR count). The van der Waals surface area contributed by atoms with Gasteiger partial charge in [-0.1, -0.05) is 12.1 Å². The highest BCUT2D eigenvalue weighted by molar-refractivity contribution is 5.99. The third-order valence-corrected chi connectivity index (χ3v) is 3.42. The van der Waals surface area contributed by atoms with Crippen LogP contribution in [0.4, 0.5) is 5.69 Å². The second kappa shape index (κ2) is 5.98. The summed E-state index contributed by atoms with van der Waals surface area (Å²) in [5.41, 5.74) is 3.35. The molecule has 1 heterocycles. The summed E-state index contributed by atoms with van der Waals surface area (Å²) in [6.45, 7) is 1.03. The Labute approximate surface area is 108 Å². The molecule has 0 radical (unpaired) electrons. The van der Waals surface area contributed by atoms with Crippen molar-refractivity contribution in [3.8, 4) is 0 Å². The predicted octanol–water partition coefficient (Wildman–Crippen LogP) is 1.44. The zero-order valence-corrected chi connectivity index (χ0v) is 11.0. The Morgan fingerprint density at radius 1 is 1.39 bits per heavy atom. The van der Waals surface area contributed by atoms with Gasteiger partial charge in [-0.05, 0) is 50.7 Å². The molecule has 1 unspecified atom stereocenters. The first-order valence-electron chi connectivity index (χ1n) is 6.49. The van der Waals surface area contributed by atoms with E-state index in [2.05, 4.69) is 28.1 Å². The lowest BCUT2D eigenvalue weighted by molar-refractivity contribution is -0.115. The second-order valence-corrected chi connectivity index (χ2v) is 4.73. The van der Waals surface area contributed by atoms with Crippen LogP contribution in [0.2, 0.25) is 0 Å². The summed E-state index contributed by atoms with van der Waals surface area (Å²) in [4.78, 5) is 11.3. The molecule has 4 nitrogen and oxygen atoms in total. The molecular formula is C14H21N3O. The molecule has 1 atom stereocenters. The summed E-state index contributed by atoms with van der Waals surface area (Å²) in [6, 6.07) is 6.62. The minimum atomic E-state index is 0.0957. The van der Waals surface area contributed by atoms with Gasteiger partial charge in [-0.2, -0.15) is 0 Å². The number of hydrogen-bond donors (Lipinski definition) is 3. The first kappa shape index (κ1) is 13.1. The van der Waals surface area contributed by atoms with Crippen LogP contribution in [0.5, 0.6) is 0 Å². The molecular weight excluding hydrogens is 226 g/mol. The number of fused-ring (bicyclic) bond motifs is 1. The third-order valence-electron chi connectivity index (χ3n) is 3.42. The van der Waals surface area contributed by atoms with Crippen LogP contribution in [-0.4, -0.2) is 26.5 Å². The van der Waals surface area contributed by atoms with Crippen LogP contribution in [0.15, 0.2) is 18.2 Å². The van der Waals surface area contributed by atoms with Gasteiger partial charge >= 0.3 is 0 Å². The van der Waals surface area contributed by atoms with Crippen molar-refractivity contribution < 1.29 is 4.79 Å². The van der Waals surface area contributed by atoms with E-state index in [-0.39, 0.29) is 5.91 Å². The Kier molecular flexibility index (Phi) is 4.33. The molecule has 18 heavy (non-hydrogen) atoms. The van der Waals surface area contributed by atoms with E-state index >= 15 is 0 Å². The van der Waals surface area contributed by atoms with E-state index in [0.717, 1.165) is 30.6 Å². The summed E-state index contributed by atoms with van der Waals surface area (Å²) in [7, 11) is 3.96. The highest BCUT2D eigenvalue weighted by Crippen LogP contribution is 2.27. The fourth-order valence-electron chi connectivity index (χ4n) is 2.43. The van der Waals surface area contributed by atoms with Crippen molar-refractivity contribution in [1.29, 1.82) is 0 Å². The Morgan fingerprint density at radius 3 is 2.94 bits per heavy atom. The molecule has 0 aromatic heterocycles. The first-order valence-corrected chi connectivity index (χ1v) is 6.49. The van der Waals surface area contributed by atoms with Crippen molar-refractivity contribution >= 4 is 11.6 Å². The molecule has 1 aliphatic rings. The number of hydrogen-bond acceptors (Lipinski definition) is 3. The lowest BCUT2D eigenvalue weighted by atomic mass is 9.99. The monoisotopic (exact) mass is 247 g/mol. The first-order chi connectivity index (χ1) is 8.74. The molecule has 0 bridgehead atoms. The van der Waals surface area contributed by atoms with E-state index in [9.17, 15) is 4.79 Å². The smallest absolute Gasteiger partial charge is 0.228 e. The lowest BCUT2D eigenvalue weighted by Crippen LogP contribution is -2.18. The van der Waals surface area contributed by atoms with Crippen molar-refractivity contribution in [2.75, 3.05) is 26.0 Å². The summed E-state index contributed by atoms with van der Waals surface area (Å²) in [5.74, 6) is 0.0957. The highest BCUT2D eigenvalue weighted by atomic mass is 16.1. The van der Waals surface area contributed by atoms with E-state index < -0.39 is 0 Å². The molecule has 0 spiro atoms. The van der Waals surface area contributed by atoms with E-state index in [0.29, 0.717) is 12.5 Å². The van der Waals surface area contributed by atoms with Gasteiger partial charge in [0.25, 0.3) is 0 Å². The van der Waals surface area contributed by atoms with E-state index in [4.69, 9.17) is 0 Å². The Morgan fingerprint density at radius 2 is 2.22 bits per heavy atom. The van der Waals surface area contributed by atoms with Crippen LogP contribution in [-0.2, 0) is 11.2 Å². The molecule has 98 valence electrons. The topological polar surface area (TPSA) is 53.2 Å². The summed E-state index contributed by atoms with van der Waals surface area (Å²) >= 11 is 0. The Bertz CT molecular complexity index is 431. The second-order valence-electron chi connectivity index (χ2n) is 4.73. The van der Waals surface area contributed by atoms with Crippen LogP contribution < -0.4 is 16.0 Å². The molecule has 4 heteroatoms. The quantitative estimate of drug-likeness (QED) is 0.667. The average molecular weight is 247 g/mol. The van der Waals surface area contributed by atoms with Crippen LogP contribution in [0.25, 0.3) is 0 Å². The van der Waals surface area contributed by atoms with Gasteiger partial charge in [0.15, 0.2) is 0 Å². The highest BCUT2D eigenvalue weighted by Gasteiger charge is 2.19. The fraction of sp³-hybridized carbons (Fsp3) is 0.500. The summed E-state index contributed by atoms with van der Waals surface area (Å²) in [6.07, 6.45) is 2.74. The maximum Gasteiger partial charge on any atom is 0.228 e. The van der Waals surface area contributed by atoms with Crippen molar-refractivity contribution in [1.82, 2.24) is 10.6 Å². The Balaban J connectivity index is 2.07. The van der Waals surface area contributed by atoms with Gasteiger partial charge in [0.05, 0.1) is 6.42 Å². The van der Waals surface area contributed by atoms with Gasteiger partial charge < -0.3 is 16.0 Å². The predicted molar refractivity (Wildman–Crippen MR) is 73.7 cm³/mol. The Hall–Kier alpha value is -1.39. The minimum absolute atomic E-state index is 0.0957. The number of benzene rings is 1. The van der Waals surface area contributed by atoms with Gasteiger partial charge in [0.2, 0.25) is 5.91 Å². The maximum atomic E-state index is 11.3. The normalized spacial score (nSPS) is 15.3. The zero-order valence-electron chi connectivity index (χ0n) is 11.0. The van der Waals surface area contributed by atoms with Crippen LogP contribution in [0.3, 0.4) is 0 Å². The van der Waals surface area contributed by atoms with Gasteiger partial charge in [0.1, 0.15) is 0 Å². The largest absolute Gasteiger partial charge is 0.326 e.